The maximum Gasteiger partial charge on any atom is 0.409 e. The van der Waals surface area contributed by atoms with Gasteiger partial charge < -0.3 is 19.5 Å². The first-order valence-electron chi connectivity index (χ1n) is 20.3. The van der Waals surface area contributed by atoms with E-state index in [1.807, 2.05) is 4.90 Å². The quantitative estimate of drug-likeness (QED) is 0.201. The first kappa shape index (κ1) is 37.7. The van der Waals surface area contributed by atoms with Crippen molar-refractivity contribution in [2.45, 2.75) is 158 Å². The number of hydrogen-bond acceptors (Lipinski definition) is 5. The largest absolute Gasteiger partial charge is 0.481 e. The number of nitrogens with zero attached hydrogens (tertiary/aromatic N) is 1. The maximum atomic E-state index is 13.1. The summed E-state index contributed by atoms with van der Waals surface area (Å²) in [4.78, 5) is 39.7. The fourth-order valence-corrected chi connectivity index (χ4v) is 14.0. The first-order valence-corrected chi connectivity index (χ1v) is 20.3. The van der Waals surface area contributed by atoms with Gasteiger partial charge in [-0.3, -0.25) is 9.59 Å². The minimum atomic E-state index is -1.14. The van der Waals surface area contributed by atoms with Gasteiger partial charge in [-0.05, 0) is 162 Å². The smallest absolute Gasteiger partial charge is 0.409 e. The minimum Gasteiger partial charge on any atom is -0.481 e. The van der Waals surface area contributed by atoms with Crippen molar-refractivity contribution in [3.05, 3.63) is 12.2 Å². The molecule has 1 N–H and O–H groups in total. The van der Waals surface area contributed by atoms with Crippen molar-refractivity contribution in [3.63, 3.8) is 0 Å². The Balaban J connectivity index is 1.20. The van der Waals surface area contributed by atoms with Gasteiger partial charge in [0.2, 0.25) is 0 Å². The second kappa shape index (κ2) is 13.1. The molecule has 0 radical (unpaired) electrons. The van der Waals surface area contributed by atoms with E-state index in [-0.39, 0.29) is 51.7 Å². The average Bonchev–Trinajstić information content (AvgIpc) is 3.43. The van der Waals surface area contributed by atoms with Crippen LogP contribution in [0, 0.1) is 62.1 Å². The van der Waals surface area contributed by atoms with Gasteiger partial charge in [-0.25, -0.2) is 4.79 Å². The Morgan fingerprint density at radius 3 is 2.20 bits per heavy atom. The number of carbonyl (C=O) groups is 3. The zero-order valence-electron chi connectivity index (χ0n) is 32.8. The van der Waals surface area contributed by atoms with Crippen LogP contribution in [0.4, 0.5) is 4.79 Å². The molecule has 0 bridgehead atoms. The lowest BCUT2D eigenvalue weighted by atomic mass is 9.32. The highest BCUT2D eigenvalue weighted by Crippen LogP contribution is 2.78. The summed E-state index contributed by atoms with van der Waals surface area (Å²) in [7, 11) is 0. The van der Waals surface area contributed by atoms with E-state index in [9.17, 15) is 19.5 Å². The van der Waals surface area contributed by atoms with Gasteiger partial charge in [0.15, 0.2) is 0 Å². The number of carbonyl (C=O) groups excluding carboxylic acids is 2. The van der Waals surface area contributed by atoms with Gasteiger partial charge in [0.25, 0.3) is 0 Å². The van der Waals surface area contributed by atoms with Crippen LogP contribution < -0.4 is 0 Å². The van der Waals surface area contributed by atoms with Crippen molar-refractivity contribution in [2.24, 2.45) is 62.1 Å². The average molecular weight is 696 g/mol. The summed E-state index contributed by atoms with van der Waals surface area (Å²) < 4.78 is 12.2. The van der Waals surface area contributed by atoms with Crippen molar-refractivity contribution in [2.75, 3.05) is 19.7 Å². The zero-order valence-corrected chi connectivity index (χ0v) is 32.8. The van der Waals surface area contributed by atoms with E-state index in [1.165, 1.54) is 56.9 Å². The van der Waals surface area contributed by atoms with E-state index in [0.29, 0.717) is 36.2 Å². The summed E-state index contributed by atoms with van der Waals surface area (Å²) in [5.41, 5.74) is 0.864. The molecule has 0 unspecified atom stereocenters. The zero-order chi connectivity index (χ0) is 36.5. The summed E-state index contributed by atoms with van der Waals surface area (Å²) >= 11 is 0. The number of rotatable bonds is 8. The highest BCUT2D eigenvalue weighted by Gasteiger charge is 2.71. The lowest BCUT2D eigenvalue weighted by Crippen LogP contribution is -2.66. The molecule has 6 rings (SSSR count). The standard InChI is InChI=1S/C43H69NO6/c1-28(2)29-15-20-43(23-26-49-37(48)44-24-11-10-12-25-44)22-21-41(8)30(35(29)43)13-14-32-40(7)18-17-33(50-34(45)27-38(3,4)36(46)47)39(5,6)31(40)16-19-42(32,41)9/h29-33,35H,1,10-27H2,2-9H3,(H,46,47)/t29-,30+,31-,32+,33-,35+,40-,41+,42+,43+/m0/s1. The summed E-state index contributed by atoms with van der Waals surface area (Å²) in [6.07, 6.45) is 15.6. The number of likely N-dealkylation sites (tertiary alicyclic amines) is 1. The number of esters is 1. The predicted octanol–water partition coefficient (Wildman–Crippen LogP) is 10.1. The minimum absolute atomic E-state index is 0.105. The van der Waals surface area contributed by atoms with Crippen molar-refractivity contribution >= 4 is 18.0 Å². The highest BCUT2D eigenvalue weighted by molar-refractivity contribution is 5.81. The van der Waals surface area contributed by atoms with Crippen LogP contribution in [-0.2, 0) is 19.1 Å². The molecule has 1 heterocycles. The number of carboxylic acid groups (broad SMARTS) is 1. The van der Waals surface area contributed by atoms with Gasteiger partial charge in [0, 0.05) is 18.5 Å². The van der Waals surface area contributed by atoms with Crippen LogP contribution in [-0.4, -0.2) is 53.8 Å². The summed E-state index contributed by atoms with van der Waals surface area (Å²) in [5.74, 6) is 1.48. The monoisotopic (exact) mass is 696 g/mol. The summed E-state index contributed by atoms with van der Waals surface area (Å²) in [5, 5.41) is 9.60. The van der Waals surface area contributed by atoms with Crippen LogP contribution in [0.25, 0.3) is 0 Å². The fraction of sp³-hybridized carbons (Fsp3) is 0.884. The van der Waals surface area contributed by atoms with Crippen molar-refractivity contribution in [3.8, 4) is 0 Å². The van der Waals surface area contributed by atoms with Gasteiger partial charge in [0.05, 0.1) is 18.4 Å². The molecule has 7 nitrogen and oxygen atoms in total. The van der Waals surface area contributed by atoms with E-state index in [0.717, 1.165) is 51.6 Å². The molecule has 50 heavy (non-hydrogen) atoms. The molecule has 0 aromatic rings. The molecular formula is C43H69NO6. The fourth-order valence-electron chi connectivity index (χ4n) is 14.0. The molecule has 1 aliphatic heterocycles. The van der Waals surface area contributed by atoms with E-state index in [4.69, 9.17) is 9.47 Å². The third kappa shape index (κ3) is 5.95. The Morgan fingerprint density at radius 2 is 1.54 bits per heavy atom. The molecule has 1 saturated heterocycles. The third-order valence-corrected chi connectivity index (χ3v) is 17.1. The Hall–Kier alpha value is -2.05. The number of allylic oxidation sites excluding steroid dienone is 1. The molecule has 6 aliphatic rings. The van der Waals surface area contributed by atoms with E-state index >= 15 is 0 Å². The normalized spacial score (nSPS) is 42.3. The molecule has 0 aromatic carbocycles. The number of amides is 1. The molecule has 7 heteroatoms. The molecule has 6 fully saturated rings. The molecule has 0 spiro atoms. The van der Waals surface area contributed by atoms with E-state index < -0.39 is 11.4 Å². The molecule has 10 atom stereocenters. The molecule has 282 valence electrons. The van der Waals surface area contributed by atoms with Gasteiger partial charge >= 0.3 is 18.0 Å². The third-order valence-electron chi connectivity index (χ3n) is 17.1. The van der Waals surface area contributed by atoms with Gasteiger partial charge in [-0.2, -0.15) is 0 Å². The maximum absolute atomic E-state index is 13.1. The number of piperidine rings is 1. The van der Waals surface area contributed by atoms with Crippen LogP contribution in [0.1, 0.15) is 152 Å². The van der Waals surface area contributed by atoms with Gasteiger partial charge in [-0.1, -0.05) is 46.8 Å². The van der Waals surface area contributed by atoms with Crippen LogP contribution in [0.2, 0.25) is 0 Å². The second-order valence-corrected chi connectivity index (χ2v) is 20.2. The van der Waals surface area contributed by atoms with Gasteiger partial charge in [0.1, 0.15) is 6.10 Å². The molecule has 1 amide bonds. The van der Waals surface area contributed by atoms with E-state index in [1.54, 1.807) is 13.8 Å². The highest BCUT2D eigenvalue weighted by atomic mass is 16.6. The number of aliphatic carboxylic acids is 1. The van der Waals surface area contributed by atoms with Crippen LogP contribution in [0.15, 0.2) is 12.2 Å². The van der Waals surface area contributed by atoms with Crippen LogP contribution in [0.3, 0.4) is 0 Å². The Kier molecular flexibility index (Phi) is 9.89. The topological polar surface area (TPSA) is 93.1 Å². The Morgan fingerprint density at radius 1 is 0.840 bits per heavy atom. The van der Waals surface area contributed by atoms with Crippen molar-refractivity contribution in [1.82, 2.24) is 4.90 Å². The Labute approximate surface area is 303 Å². The SMILES string of the molecule is C=C(C)[C@@H]1CC[C@]2(CCOC(=O)N3CCCCC3)CC[C@]3(C)[C@H](CC[C@@H]4[C@@]5(C)CC[C@H](OC(=O)CC(C)(C)C(=O)O)C(C)(C)[C@@H]5CC[C@]43C)[C@@H]12. The lowest BCUT2D eigenvalue weighted by molar-refractivity contribution is -0.251. The number of fused-ring (bicyclic) bond motifs is 7. The van der Waals surface area contributed by atoms with Crippen molar-refractivity contribution < 1.29 is 29.0 Å². The number of hydrogen-bond donors (Lipinski definition) is 1. The number of ether oxygens (including phenoxy) is 2. The van der Waals surface area contributed by atoms with E-state index in [2.05, 4.69) is 48.1 Å². The molecular weight excluding hydrogens is 626 g/mol. The van der Waals surface area contributed by atoms with Crippen LogP contribution >= 0.6 is 0 Å². The molecule has 5 saturated carbocycles. The Bertz CT molecular complexity index is 1350. The lowest BCUT2D eigenvalue weighted by Gasteiger charge is -2.73. The van der Waals surface area contributed by atoms with Gasteiger partial charge in [-0.15, -0.1) is 0 Å². The predicted molar refractivity (Wildman–Crippen MR) is 196 cm³/mol. The summed E-state index contributed by atoms with van der Waals surface area (Å²) in [6.45, 7) is 24.8. The summed E-state index contributed by atoms with van der Waals surface area (Å²) in [6, 6.07) is 0. The second-order valence-electron chi connectivity index (χ2n) is 20.2. The molecule has 5 aliphatic carbocycles. The first-order chi connectivity index (χ1) is 23.3. The molecule has 0 aromatic heterocycles. The van der Waals surface area contributed by atoms with Crippen molar-refractivity contribution in [1.29, 1.82) is 0 Å². The van der Waals surface area contributed by atoms with Crippen LogP contribution in [0.5, 0.6) is 0 Å². The number of carboxylic acids is 1.